The quantitative estimate of drug-likeness (QED) is 0.896. The predicted octanol–water partition coefficient (Wildman–Crippen LogP) is 1.54. The van der Waals surface area contributed by atoms with E-state index in [2.05, 4.69) is 20.5 Å². The van der Waals surface area contributed by atoms with Crippen molar-refractivity contribution in [2.24, 2.45) is 0 Å². The van der Waals surface area contributed by atoms with Crippen LogP contribution < -0.4 is 10.2 Å². The number of thiazole rings is 1. The van der Waals surface area contributed by atoms with Crippen LogP contribution in [-0.2, 0) is 6.54 Å². The fourth-order valence-electron chi connectivity index (χ4n) is 3.02. The van der Waals surface area contributed by atoms with Crippen LogP contribution in [0.2, 0.25) is 0 Å². The molecule has 1 aromatic heterocycles. The molecule has 3 heterocycles. The lowest BCUT2D eigenvalue weighted by molar-refractivity contribution is 0.260. The molecule has 2 aliphatic heterocycles. The Bertz CT molecular complexity index is 386. The first kappa shape index (κ1) is 12.4. The lowest BCUT2D eigenvalue weighted by atomic mass is 10.2. The maximum atomic E-state index is 4.71. The minimum Gasteiger partial charge on any atom is -0.346 e. The molecular formula is C13H22N4S. The Morgan fingerprint density at radius 2 is 2.22 bits per heavy atom. The molecule has 4 nitrogen and oxygen atoms in total. The highest BCUT2D eigenvalue weighted by Crippen LogP contribution is 2.27. The first-order valence-electron chi connectivity index (χ1n) is 6.95. The first-order chi connectivity index (χ1) is 8.86. The number of hydrogen-bond acceptors (Lipinski definition) is 5. The van der Waals surface area contributed by atoms with Crippen molar-refractivity contribution in [3.8, 4) is 0 Å². The zero-order chi connectivity index (χ0) is 12.4. The van der Waals surface area contributed by atoms with Crippen LogP contribution in [0.5, 0.6) is 0 Å². The van der Waals surface area contributed by atoms with E-state index in [9.17, 15) is 0 Å². The number of nitrogens with one attached hydrogen (secondary N) is 1. The molecule has 18 heavy (non-hydrogen) atoms. The zero-order valence-electron chi connectivity index (χ0n) is 11.1. The van der Waals surface area contributed by atoms with Gasteiger partial charge < -0.3 is 10.2 Å². The SMILES string of the molecule is CNCc1csc(N2CCC(N3CCCC3)C2)n1. The van der Waals surface area contributed by atoms with E-state index in [0.717, 1.165) is 12.6 Å². The second-order valence-corrected chi connectivity index (χ2v) is 6.12. The number of aromatic nitrogens is 1. The van der Waals surface area contributed by atoms with Gasteiger partial charge in [0, 0.05) is 31.1 Å². The van der Waals surface area contributed by atoms with Crippen LogP contribution in [0.4, 0.5) is 5.13 Å². The molecule has 0 spiro atoms. The molecule has 1 N–H and O–H groups in total. The molecule has 2 fully saturated rings. The Morgan fingerprint density at radius 3 is 3.00 bits per heavy atom. The summed E-state index contributed by atoms with van der Waals surface area (Å²) in [4.78, 5) is 9.84. The molecule has 2 aliphatic rings. The van der Waals surface area contributed by atoms with Crippen LogP contribution in [0.25, 0.3) is 0 Å². The molecule has 2 saturated heterocycles. The Balaban J connectivity index is 1.60. The third-order valence-corrected chi connectivity index (χ3v) is 4.94. The molecule has 0 bridgehead atoms. The van der Waals surface area contributed by atoms with Crippen LogP contribution in [-0.4, -0.2) is 49.2 Å². The standard InChI is InChI=1S/C13H22N4S/c1-14-8-11-10-18-13(15-11)17-7-4-12(9-17)16-5-2-3-6-16/h10,12,14H,2-9H2,1H3. The molecule has 3 rings (SSSR count). The van der Waals surface area contributed by atoms with Gasteiger partial charge in [0.05, 0.1) is 5.69 Å². The van der Waals surface area contributed by atoms with Crippen molar-refractivity contribution in [3.05, 3.63) is 11.1 Å². The van der Waals surface area contributed by atoms with Crippen molar-refractivity contribution < 1.29 is 0 Å². The van der Waals surface area contributed by atoms with Crippen LogP contribution >= 0.6 is 11.3 Å². The van der Waals surface area contributed by atoms with E-state index in [1.165, 1.54) is 56.3 Å². The fourth-order valence-corrected chi connectivity index (χ4v) is 3.89. The van der Waals surface area contributed by atoms with Crippen molar-refractivity contribution >= 4 is 16.5 Å². The van der Waals surface area contributed by atoms with E-state index in [1.54, 1.807) is 11.3 Å². The van der Waals surface area contributed by atoms with Crippen LogP contribution in [0.15, 0.2) is 5.38 Å². The minimum atomic E-state index is 0.768. The van der Waals surface area contributed by atoms with Gasteiger partial charge in [0.2, 0.25) is 0 Å². The van der Waals surface area contributed by atoms with Gasteiger partial charge in [-0.15, -0.1) is 11.3 Å². The van der Waals surface area contributed by atoms with E-state index < -0.39 is 0 Å². The van der Waals surface area contributed by atoms with Crippen molar-refractivity contribution in [2.75, 3.05) is 38.1 Å². The maximum Gasteiger partial charge on any atom is 0.185 e. The summed E-state index contributed by atoms with van der Waals surface area (Å²) in [7, 11) is 1.97. The van der Waals surface area contributed by atoms with Gasteiger partial charge in [-0.2, -0.15) is 0 Å². The van der Waals surface area contributed by atoms with Crippen molar-refractivity contribution in [1.82, 2.24) is 15.2 Å². The molecule has 5 heteroatoms. The van der Waals surface area contributed by atoms with Crippen LogP contribution in [0, 0.1) is 0 Å². The molecule has 0 radical (unpaired) electrons. The first-order valence-corrected chi connectivity index (χ1v) is 7.83. The number of likely N-dealkylation sites (tertiary alicyclic amines) is 1. The maximum absolute atomic E-state index is 4.71. The lowest BCUT2D eigenvalue weighted by Gasteiger charge is -2.23. The van der Waals surface area contributed by atoms with Crippen molar-refractivity contribution in [1.29, 1.82) is 0 Å². The minimum absolute atomic E-state index is 0.768. The molecule has 0 saturated carbocycles. The smallest absolute Gasteiger partial charge is 0.185 e. The second-order valence-electron chi connectivity index (χ2n) is 5.28. The van der Waals surface area contributed by atoms with E-state index in [0.29, 0.717) is 0 Å². The van der Waals surface area contributed by atoms with Crippen LogP contribution in [0.1, 0.15) is 25.0 Å². The Labute approximate surface area is 113 Å². The molecule has 1 aromatic rings. The Kier molecular flexibility index (Phi) is 3.82. The monoisotopic (exact) mass is 266 g/mol. The molecule has 100 valence electrons. The second kappa shape index (κ2) is 5.55. The summed E-state index contributed by atoms with van der Waals surface area (Å²) in [5.41, 5.74) is 1.17. The number of rotatable bonds is 4. The molecule has 1 unspecified atom stereocenters. The average Bonchev–Trinajstić information content (AvgIpc) is 3.10. The van der Waals surface area contributed by atoms with Gasteiger partial charge in [-0.1, -0.05) is 0 Å². The highest BCUT2D eigenvalue weighted by atomic mass is 32.1. The summed E-state index contributed by atoms with van der Waals surface area (Å²) >= 11 is 1.79. The molecular weight excluding hydrogens is 244 g/mol. The van der Waals surface area contributed by atoms with E-state index in [-0.39, 0.29) is 0 Å². The Morgan fingerprint density at radius 1 is 1.39 bits per heavy atom. The van der Waals surface area contributed by atoms with Gasteiger partial charge in [-0.3, -0.25) is 4.90 Å². The van der Waals surface area contributed by atoms with Crippen molar-refractivity contribution in [2.45, 2.75) is 31.8 Å². The van der Waals surface area contributed by atoms with Crippen LogP contribution in [0.3, 0.4) is 0 Å². The topological polar surface area (TPSA) is 31.4 Å². The summed E-state index contributed by atoms with van der Waals surface area (Å²) in [6.45, 7) is 5.84. The lowest BCUT2D eigenvalue weighted by Crippen LogP contribution is -2.35. The molecule has 0 amide bonds. The largest absolute Gasteiger partial charge is 0.346 e. The fraction of sp³-hybridized carbons (Fsp3) is 0.769. The third kappa shape index (κ3) is 2.53. The van der Waals surface area contributed by atoms with Gasteiger partial charge >= 0.3 is 0 Å². The summed E-state index contributed by atoms with van der Waals surface area (Å²) in [6.07, 6.45) is 4.08. The highest BCUT2D eigenvalue weighted by molar-refractivity contribution is 7.13. The zero-order valence-corrected chi connectivity index (χ0v) is 11.9. The summed E-state index contributed by atoms with van der Waals surface area (Å²) in [6, 6.07) is 0.768. The molecule has 1 atom stereocenters. The highest BCUT2D eigenvalue weighted by Gasteiger charge is 2.30. The Hall–Kier alpha value is -0.650. The predicted molar refractivity (Wildman–Crippen MR) is 76.3 cm³/mol. The van der Waals surface area contributed by atoms with Gasteiger partial charge in [-0.05, 0) is 39.4 Å². The number of hydrogen-bond donors (Lipinski definition) is 1. The number of nitrogens with zero attached hydrogens (tertiary/aromatic N) is 3. The summed E-state index contributed by atoms with van der Waals surface area (Å²) in [5, 5.41) is 6.54. The van der Waals surface area contributed by atoms with Gasteiger partial charge in [0.25, 0.3) is 0 Å². The molecule has 0 aromatic carbocycles. The number of anilines is 1. The average molecular weight is 266 g/mol. The molecule has 0 aliphatic carbocycles. The van der Waals surface area contributed by atoms with Gasteiger partial charge in [0.15, 0.2) is 5.13 Å². The van der Waals surface area contributed by atoms with E-state index >= 15 is 0 Å². The van der Waals surface area contributed by atoms with Gasteiger partial charge in [-0.25, -0.2) is 4.98 Å². The normalized spacial score (nSPS) is 25.2. The van der Waals surface area contributed by atoms with E-state index in [1.807, 2.05) is 7.05 Å². The summed E-state index contributed by atoms with van der Waals surface area (Å²) in [5.74, 6) is 0. The van der Waals surface area contributed by atoms with Gasteiger partial charge in [0.1, 0.15) is 0 Å². The van der Waals surface area contributed by atoms with E-state index in [4.69, 9.17) is 4.98 Å². The van der Waals surface area contributed by atoms with Crippen molar-refractivity contribution in [3.63, 3.8) is 0 Å². The summed E-state index contributed by atoms with van der Waals surface area (Å²) < 4.78 is 0. The third-order valence-electron chi connectivity index (χ3n) is 3.99.